The van der Waals surface area contributed by atoms with Crippen molar-refractivity contribution in [1.82, 2.24) is 0 Å². The number of benzene rings is 2. The van der Waals surface area contributed by atoms with Crippen LogP contribution >= 0.6 is 11.6 Å². The van der Waals surface area contributed by atoms with E-state index in [1.54, 1.807) is 32.0 Å². The zero-order valence-corrected chi connectivity index (χ0v) is 15.7. The maximum atomic E-state index is 12.7. The Hall–Kier alpha value is -2.53. The number of halogens is 1. The van der Waals surface area contributed by atoms with E-state index in [4.69, 9.17) is 16.3 Å². The van der Waals surface area contributed by atoms with Gasteiger partial charge >= 0.3 is 0 Å². The number of ether oxygens (including phenoxy) is 1. The molecule has 2 unspecified atom stereocenters. The fraction of sp³-hybridized carbons (Fsp3) is 0.300. The lowest BCUT2D eigenvalue weighted by atomic mass is 10.1. The third-order valence-corrected chi connectivity index (χ3v) is 4.70. The molecule has 2 aromatic rings. The van der Waals surface area contributed by atoms with Crippen molar-refractivity contribution >= 4 is 34.8 Å². The van der Waals surface area contributed by atoms with Gasteiger partial charge in [-0.3, -0.25) is 14.5 Å². The Kier molecular flexibility index (Phi) is 5.18. The number of hydrogen-bond acceptors (Lipinski definition) is 3. The third-order valence-electron chi connectivity index (χ3n) is 4.47. The van der Waals surface area contributed by atoms with Crippen molar-refractivity contribution in [2.75, 3.05) is 10.2 Å². The van der Waals surface area contributed by atoms with E-state index in [2.05, 4.69) is 12.2 Å². The number of aryl methyl sites for hydroxylation is 1. The topological polar surface area (TPSA) is 58.6 Å². The van der Waals surface area contributed by atoms with Crippen LogP contribution in [-0.4, -0.2) is 24.0 Å². The molecule has 3 rings (SSSR count). The predicted octanol–water partition coefficient (Wildman–Crippen LogP) is 4.04. The smallest absolute Gasteiger partial charge is 0.268 e. The van der Waals surface area contributed by atoms with Crippen LogP contribution in [0.3, 0.4) is 0 Å². The maximum Gasteiger partial charge on any atom is 0.268 e. The van der Waals surface area contributed by atoms with Crippen molar-refractivity contribution in [1.29, 1.82) is 0 Å². The van der Waals surface area contributed by atoms with Gasteiger partial charge in [0.05, 0.1) is 5.69 Å². The fourth-order valence-corrected chi connectivity index (χ4v) is 3.09. The van der Waals surface area contributed by atoms with E-state index in [1.165, 1.54) is 10.5 Å². The summed E-state index contributed by atoms with van der Waals surface area (Å²) in [5.74, 6) is -0.0141. The first-order valence-corrected chi connectivity index (χ1v) is 8.97. The van der Waals surface area contributed by atoms with E-state index in [9.17, 15) is 9.59 Å². The summed E-state index contributed by atoms with van der Waals surface area (Å²) in [5, 5.41) is 3.34. The molecule has 5 nitrogen and oxygen atoms in total. The van der Waals surface area contributed by atoms with Crippen molar-refractivity contribution in [3.05, 3.63) is 53.1 Å². The maximum absolute atomic E-state index is 12.7. The van der Waals surface area contributed by atoms with Gasteiger partial charge < -0.3 is 10.1 Å². The molecular formula is C20H21ClN2O3. The number of anilines is 2. The molecule has 1 heterocycles. The first-order chi connectivity index (χ1) is 12.4. The van der Waals surface area contributed by atoms with Gasteiger partial charge in [0, 0.05) is 10.7 Å². The van der Waals surface area contributed by atoms with E-state index < -0.39 is 12.1 Å². The number of hydrogen-bond donors (Lipinski definition) is 1. The number of fused-ring (bicyclic) bond motifs is 1. The van der Waals surface area contributed by atoms with Crippen LogP contribution in [0.1, 0.15) is 26.3 Å². The Morgan fingerprint density at radius 2 is 1.96 bits per heavy atom. The molecular weight excluding hydrogens is 352 g/mol. The molecule has 0 saturated heterocycles. The fourth-order valence-electron chi connectivity index (χ4n) is 2.92. The standard InChI is InChI=1S/C20H21ClN2O3/c1-4-14-5-8-16(9-6-14)22-19(24)12(2)23-17-11-15(21)7-10-18(17)26-13(3)20(23)25/h5-13H,4H2,1-3H3,(H,22,24). The van der Waals surface area contributed by atoms with Crippen LogP contribution in [0.15, 0.2) is 42.5 Å². The Morgan fingerprint density at radius 3 is 2.62 bits per heavy atom. The molecule has 0 saturated carbocycles. The van der Waals surface area contributed by atoms with Crippen molar-refractivity contribution in [3.63, 3.8) is 0 Å². The van der Waals surface area contributed by atoms with Crippen molar-refractivity contribution in [2.24, 2.45) is 0 Å². The molecule has 2 amide bonds. The average Bonchev–Trinajstić information content (AvgIpc) is 2.63. The second-order valence-electron chi connectivity index (χ2n) is 6.30. The second-order valence-corrected chi connectivity index (χ2v) is 6.73. The molecule has 26 heavy (non-hydrogen) atoms. The van der Waals surface area contributed by atoms with Gasteiger partial charge in [0.25, 0.3) is 5.91 Å². The summed E-state index contributed by atoms with van der Waals surface area (Å²) in [6.07, 6.45) is 0.269. The molecule has 6 heteroatoms. The lowest BCUT2D eigenvalue weighted by molar-refractivity contribution is -0.128. The summed E-state index contributed by atoms with van der Waals surface area (Å²) in [6, 6.07) is 12.0. The van der Waals surface area contributed by atoms with Crippen LogP contribution in [0.4, 0.5) is 11.4 Å². The van der Waals surface area contributed by atoms with Crippen LogP contribution in [0.25, 0.3) is 0 Å². The highest BCUT2D eigenvalue weighted by atomic mass is 35.5. The number of carbonyl (C=O) groups is 2. The van der Waals surface area contributed by atoms with E-state index in [0.717, 1.165) is 6.42 Å². The minimum atomic E-state index is -0.711. The van der Waals surface area contributed by atoms with Crippen LogP contribution in [0, 0.1) is 0 Å². The minimum Gasteiger partial charge on any atom is -0.479 e. The molecule has 0 aliphatic carbocycles. The van der Waals surface area contributed by atoms with Gasteiger partial charge in [-0.2, -0.15) is 0 Å². The SMILES string of the molecule is CCc1ccc(NC(=O)C(C)N2C(=O)C(C)Oc3ccc(Cl)cc32)cc1. The molecule has 2 aromatic carbocycles. The summed E-state index contributed by atoms with van der Waals surface area (Å²) in [6.45, 7) is 5.43. The first kappa shape index (κ1) is 18.3. The number of nitrogens with zero attached hydrogens (tertiary/aromatic N) is 1. The molecule has 0 spiro atoms. The van der Waals surface area contributed by atoms with Crippen LogP contribution in [0.2, 0.25) is 5.02 Å². The van der Waals surface area contributed by atoms with Crippen LogP contribution in [-0.2, 0) is 16.0 Å². The molecule has 1 aliphatic heterocycles. The van der Waals surface area contributed by atoms with E-state index in [-0.39, 0.29) is 11.8 Å². The number of carbonyl (C=O) groups excluding carboxylic acids is 2. The summed E-state index contributed by atoms with van der Waals surface area (Å²) < 4.78 is 5.62. The monoisotopic (exact) mass is 372 g/mol. The molecule has 2 atom stereocenters. The van der Waals surface area contributed by atoms with Gasteiger partial charge in [-0.15, -0.1) is 0 Å². The normalized spacial score (nSPS) is 17.3. The molecule has 0 aromatic heterocycles. The summed E-state index contributed by atoms with van der Waals surface area (Å²) in [4.78, 5) is 26.8. The van der Waals surface area contributed by atoms with E-state index in [1.807, 2.05) is 24.3 Å². The molecule has 0 radical (unpaired) electrons. The lowest BCUT2D eigenvalue weighted by Gasteiger charge is -2.36. The minimum absolute atomic E-state index is 0.274. The molecule has 0 bridgehead atoms. The molecule has 1 N–H and O–H groups in total. The summed E-state index contributed by atoms with van der Waals surface area (Å²) >= 11 is 6.07. The molecule has 0 fully saturated rings. The van der Waals surface area contributed by atoms with Gasteiger partial charge in [-0.05, 0) is 56.2 Å². The zero-order chi connectivity index (χ0) is 18.8. The zero-order valence-electron chi connectivity index (χ0n) is 15.0. The highest BCUT2D eigenvalue weighted by Gasteiger charge is 2.37. The van der Waals surface area contributed by atoms with Crippen LogP contribution in [0.5, 0.6) is 5.75 Å². The van der Waals surface area contributed by atoms with Gasteiger partial charge in [-0.25, -0.2) is 0 Å². The average molecular weight is 373 g/mol. The predicted molar refractivity (Wildman–Crippen MR) is 103 cm³/mol. The largest absolute Gasteiger partial charge is 0.479 e. The van der Waals surface area contributed by atoms with Gasteiger partial charge in [0.15, 0.2) is 6.10 Å². The quantitative estimate of drug-likeness (QED) is 0.881. The number of rotatable bonds is 4. The van der Waals surface area contributed by atoms with Crippen molar-refractivity contribution in [2.45, 2.75) is 39.3 Å². The van der Waals surface area contributed by atoms with Gasteiger partial charge in [-0.1, -0.05) is 30.7 Å². The van der Waals surface area contributed by atoms with Crippen molar-refractivity contribution < 1.29 is 14.3 Å². The summed E-state index contributed by atoms with van der Waals surface area (Å²) in [5.41, 5.74) is 2.39. The van der Waals surface area contributed by atoms with Gasteiger partial charge in [0.1, 0.15) is 11.8 Å². The Balaban J connectivity index is 1.85. The highest BCUT2D eigenvalue weighted by molar-refractivity contribution is 6.31. The van der Waals surface area contributed by atoms with Crippen LogP contribution < -0.4 is 15.0 Å². The van der Waals surface area contributed by atoms with Gasteiger partial charge in [0.2, 0.25) is 5.91 Å². The number of nitrogens with one attached hydrogen (secondary N) is 1. The number of amides is 2. The highest BCUT2D eigenvalue weighted by Crippen LogP contribution is 2.37. The van der Waals surface area contributed by atoms with E-state index >= 15 is 0 Å². The first-order valence-electron chi connectivity index (χ1n) is 8.59. The summed E-state index contributed by atoms with van der Waals surface area (Å²) in [7, 11) is 0. The Morgan fingerprint density at radius 1 is 1.27 bits per heavy atom. The Labute approximate surface area is 157 Å². The molecule has 1 aliphatic rings. The van der Waals surface area contributed by atoms with E-state index in [0.29, 0.717) is 22.1 Å². The van der Waals surface area contributed by atoms with Crippen molar-refractivity contribution in [3.8, 4) is 5.75 Å². The second kappa shape index (κ2) is 7.38. The molecule has 136 valence electrons. The Bertz CT molecular complexity index is 835. The lowest BCUT2D eigenvalue weighted by Crippen LogP contribution is -2.52. The third kappa shape index (κ3) is 3.53.